The van der Waals surface area contributed by atoms with E-state index >= 15 is 0 Å². The molecular weight excluding hydrogens is 216 g/mol. The highest BCUT2D eigenvalue weighted by Gasteiger charge is 2.13. The van der Waals surface area contributed by atoms with Gasteiger partial charge in [0.05, 0.1) is 11.6 Å². The fourth-order valence-corrected chi connectivity index (χ4v) is 2.41. The Balaban J connectivity index is 2.73. The van der Waals surface area contributed by atoms with Crippen LogP contribution in [0.15, 0.2) is 32.0 Å². The van der Waals surface area contributed by atoms with Crippen LogP contribution in [0, 0.1) is 20.8 Å². The summed E-state index contributed by atoms with van der Waals surface area (Å²) in [6.07, 6.45) is 1.69. The molecular formula is C14H12O3. The van der Waals surface area contributed by atoms with Gasteiger partial charge in [0, 0.05) is 11.5 Å². The monoisotopic (exact) mass is 228 g/mol. The quantitative estimate of drug-likeness (QED) is 0.553. The van der Waals surface area contributed by atoms with Crippen molar-refractivity contribution in [3.05, 3.63) is 45.5 Å². The van der Waals surface area contributed by atoms with Crippen LogP contribution < -0.4 is 5.63 Å². The summed E-state index contributed by atoms with van der Waals surface area (Å²) in [6.45, 7) is 5.86. The average Bonchev–Trinajstić information content (AvgIpc) is 2.59. The van der Waals surface area contributed by atoms with Crippen molar-refractivity contribution in [2.75, 3.05) is 0 Å². The van der Waals surface area contributed by atoms with Crippen LogP contribution >= 0.6 is 0 Å². The fraction of sp³-hybridized carbons (Fsp3) is 0.214. The zero-order chi connectivity index (χ0) is 12.2. The standard InChI is InChI=1S/C14H12O3/c1-7-4-10-13(9(3)6-16-10)14-12(7)8(2)5-11(15)17-14/h4-6H,1-3H3. The molecule has 0 aliphatic carbocycles. The Morgan fingerprint density at radius 2 is 1.65 bits per heavy atom. The first kappa shape index (κ1) is 10.1. The lowest BCUT2D eigenvalue weighted by molar-refractivity contribution is 0.562. The molecule has 0 bridgehead atoms. The van der Waals surface area contributed by atoms with Gasteiger partial charge in [-0.15, -0.1) is 0 Å². The molecule has 0 aliphatic heterocycles. The zero-order valence-corrected chi connectivity index (χ0v) is 9.96. The molecule has 2 heterocycles. The SMILES string of the molecule is Cc1cc(=O)oc2c1c(C)cc1occ(C)c12. The van der Waals surface area contributed by atoms with E-state index in [1.807, 2.05) is 26.8 Å². The molecule has 0 atom stereocenters. The highest BCUT2D eigenvalue weighted by molar-refractivity contribution is 6.06. The van der Waals surface area contributed by atoms with Gasteiger partial charge in [-0.1, -0.05) is 0 Å². The molecule has 0 N–H and O–H groups in total. The van der Waals surface area contributed by atoms with E-state index in [1.54, 1.807) is 6.26 Å². The highest BCUT2D eigenvalue weighted by atomic mass is 16.4. The lowest BCUT2D eigenvalue weighted by Crippen LogP contribution is -1.99. The summed E-state index contributed by atoms with van der Waals surface area (Å²) >= 11 is 0. The van der Waals surface area contributed by atoms with Crippen LogP contribution in [-0.4, -0.2) is 0 Å². The molecule has 86 valence electrons. The smallest absolute Gasteiger partial charge is 0.336 e. The molecule has 3 rings (SSSR count). The van der Waals surface area contributed by atoms with Crippen LogP contribution in [0.25, 0.3) is 21.9 Å². The van der Waals surface area contributed by atoms with E-state index in [9.17, 15) is 4.79 Å². The topological polar surface area (TPSA) is 43.4 Å². The largest absolute Gasteiger partial charge is 0.464 e. The predicted molar refractivity (Wildman–Crippen MR) is 66.5 cm³/mol. The van der Waals surface area contributed by atoms with Gasteiger partial charge in [0.1, 0.15) is 11.2 Å². The number of aryl methyl sites for hydroxylation is 3. The molecule has 0 saturated carbocycles. The number of furan rings is 1. The summed E-state index contributed by atoms with van der Waals surface area (Å²) in [5.41, 5.74) is 4.07. The van der Waals surface area contributed by atoms with Crippen molar-refractivity contribution < 1.29 is 8.83 Å². The molecule has 0 fully saturated rings. The Labute approximate surface area is 97.7 Å². The molecule has 1 aromatic carbocycles. The Morgan fingerprint density at radius 3 is 2.41 bits per heavy atom. The van der Waals surface area contributed by atoms with Crippen molar-refractivity contribution in [2.24, 2.45) is 0 Å². The minimum absolute atomic E-state index is 0.317. The Kier molecular flexibility index (Phi) is 1.93. The van der Waals surface area contributed by atoms with Crippen molar-refractivity contribution in [2.45, 2.75) is 20.8 Å². The van der Waals surface area contributed by atoms with E-state index in [1.165, 1.54) is 6.07 Å². The first-order valence-electron chi connectivity index (χ1n) is 5.50. The third-order valence-corrected chi connectivity index (χ3v) is 3.13. The van der Waals surface area contributed by atoms with E-state index in [2.05, 4.69) is 0 Å². The van der Waals surface area contributed by atoms with Gasteiger partial charge in [0.25, 0.3) is 0 Å². The third-order valence-electron chi connectivity index (χ3n) is 3.13. The summed E-state index contributed by atoms with van der Waals surface area (Å²) in [5, 5.41) is 1.90. The Morgan fingerprint density at radius 1 is 0.941 bits per heavy atom. The normalized spacial score (nSPS) is 11.5. The van der Waals surface area contributed by atoms with Crippen molar-refractivity contribution in [3.8, 4) is 0 Å². The second-order valence-corrected chi connectivity index (χ2v) is 4.44. The maximum atomic E-state index is 11.5. The van der Waals surface area contributed by atoms with Crippen LogP contribution in [0.2, 0.25) is 0 Å². The maximum Gasteiger partial charge on any atom is 0.336 e. The van der Waals surface area contributed by atoms with E-state index in [-0.39, 0.29) is 5.63 Å². The van der Waals surface area contributed by atoms with Crippen LogP contribution in [-0.2, 0) is 0 Å². The van der Waals surface area contributed by atoms with Gasteiger partial charge in [0.15, 0.2) is 0 Å². The first-order chi connectivity index (χ1) is 8.08. The molecule has 2 aromatic heterocycles. The van der Waals surface area contributed by atoms with E-state index in [4.69, 9.17) is 8.83 Å². The molecule has 0 saturated heterocycles. The maximum absolute atomic E-state index is 11.5. The number of hydrogen-bond donors (Lipinski definition) is 0. The molecule has 0 spiro atoms. The second-order valence-electron chi connectivity index (χ2n) is 4.44. The van der Waals surface area contributed by atoms with Gasteiger partial charge in [-0.05, 0) is 43.5 Å². The van der Waals surface area contributed by atoms with Crippen LogP contribution in [0.1, 0.15) is 16.7 Å². The Hall–Kier alpha value is -2.03. The molecule has 3 nitrogen and oxygen atoms in total. The van der Waals surface area contributed by atoms with E-state index in [0.717, 1.165) is 33.0 Å². The van der Waals surface area contributed by atoms with E-state index < -0.39 is 0 Å². The lowest BCUT2D eigenvalue weighted by atomic mass is 10.0. The molecule has 3 aromatic rings. The van der Waals surface area contributed by atoms with Crippen molar-refractivity contribution in [1.29, 1.82) is 0 Å². The molecule has 17 heavy (non-hydrogen) atoms. The number of hydrogen-bond acceptors (Lipinski definition) is 3. The van der Waals surface area contributed by atoms with Crippen molar-refractivity contribution in [3.63, 3.8) is 0 Å². The van der Waals surface area contributed by atoms with Gasteiger partial charge in [-0.3, -0.25) is 0 Å². The minimum Gasteiger partial charge on any atom is -0.464 e. The van der Waals surface area contributed by atoms with E-state index in [0.29, 0.717) is 5.58 Å². The number of rotatable bonds is 0. The molecule has 0 unspecified atom stereocenters. The molecule has 0 aliphatic rings. The number of benzene rings is 1. The second kappa shape index (κ2) is 3.23. The Bertz CT molecular complexity index is 790. The number of fused-ring (bicyclic) bond motifs is 3. The van der Waals surface area contributed by atoms with Crippen LogP contribution in [0.5, 0.6) is 0 Å². The van der Waals surface area contributed by atoms with Gasteiger partial charge in [-0.2, -0.15) is 0 Å². The zero-order valence-electron chi connectivity index (χ0n) is 9.96. The van der Waals surface area contributed by atoms with Gasteiger partial charge < -0.3 is 8.83 Å². The fourth-order valence-electron chi connectivity index (χ4n) is 2.41. The third kappa shape index (κ3) is 1.32. The van der Waals surface area contributed by atoms with Gasteiger partial charge >= 0.3 is 5.63 Å². The molecule has 0 radical (unpaired) electrons. The van der Waals surface area contributed by atoms with Gasteiger partial charge in [-0.25, -0.2) is 4.79 Å². The predicted octanol–water partition coefficient (Wildman–Crippen LogP) is 3.46. The lowest BCUT2D eigenvalue weighted by Gasteiger charge is -2.05. The van der Waals surface area contributed by atoms with Crippen molar-refractivity contribution >= 4 is 21.9 Å². The summed E-state index contributed by atoms with van der Waals surface area (Å²) in [6, 6.07) is 3.51. The first-order valence-corrected chi connectivity index (χ1v) is 5.50. The van der Waals surface area contributed by atoms with Crippen molar-refractivity contribution in [1.82, 2.24) is 0 Å². The molecule has 0 amide bonds. The molecule has 3 heteroatoms. The van der Waals surface area contributed by atoms with Crippen LogP contribution in [0.3, 0.4) is 0 Å². The summed E-state index contributed by atoms with van der Waals surface area (Å²) in [5.74, 6) is 0. The summed E-state index contributed by atoms with van der Waals surface area (Å²) < 4.78 is 10.8. The minimum atomic E-state index is -0.317. The summed E-state index contributed by atoms with van der Waals surface area (Å²) in [7, 11) is 0. The van der Waals surface area contributed by atoms with Crippen LogP contribution in [0.4, 0.5) is 0 Å². The van der Waals surface area contributed by atoms with Gasteiger partial charge in [0.2, 0.25) is 0 Å². The highest BCUT2D eigenvalue weighted by Crippen LogP contribution is 2.32. The summed E-state index contributed by atoms with van der Waals surface area (Å²) in [4.78, 5) is 11.5. The average molecular weight is 228 g/mol.